The highest BCUT2D eigenvalue weighted by Crippen LogP contribution is 2.35. The molecule has 25 heavy (non-hydrogen) atoms. The Bertz CT molecular complexity index is 778. The Balaban J connectivity index is 1.68. The maximum Gasteiger partial charge on any atom is 0.311 e. The zero-order chi connectivity index (χ0) is 17.8. The van der Waals surface area contributed by atoms with E-state index in [1.165, 1.54) is 12.0 Å². The van der Waals surface area contributed by atoms with Crippen LogP contribution in [0, 0.1) is 5.92 Å². The van der Waals surface area contributed by atoms with Crippen LogP contribution in [0.5, 0.6) is 5.75 Å². The molecule has 1 aliphatic rings. The highest BCUT2D eigenvalue weighted by atomic mass is 35.5. The Morgan fingerprint density at radius 2 is 2.00 bits per heavy atom. The first-order valence-electron chi connectivity index (χ1n) is 7.93. The second-order valence-electron chi connectivity index (χ2n) is 5.81. The fraction of sp³-hybridized carbons (Fsp3) is 0.263. The molecule has 1 atom stereocenters. The second-order valence-corrected chi connectivity index (χ2v) is 6.25. The van der Waals surface area contributed by atoms with Gasteiger partial charge in [0.2, 0.25) is 5.91 Å². The highest BCUT2D eigenvalue weighted by Gasteiger charge is 2.37. The van der Waals surface area contributed by atoms with E-state index in [1.807, 2.05) is 30.3 Å². The number of rotatable bonds is 5. The van der Waals surface area contributed by atoms with Crippen LogP contribution >= 0.6 is 11.6 Å². The topological polar surface area (TPSA) is 55.8 Å². The summed E-state index contributed by atoms with van der Waals surface area (Å²) in [7, 11) is 1.53. The van der Waals surface area contributed by atoms with Gasteiger partial charge in [0.05, 0.1) is 18.7 Å². The first-order valence-corrected chi connectivity index (χ1v) is 8.30. The van der Waals surface area contributed by atoms with Gasteiger partial charge in [0, 0.05) is 18.0 Å². The van der Waals surface area contributed by atoms with Gasteiger partial charge in [0.1, 0.15) is 12.4 Å². The smallest absolute Gasteiger partial charge is 0.311 e. The molecular formula is C19H18ClNO4. The number of hydrogen-bond donors (Lipinski definition) is 0. The molecule has 130 valence electrons. The molecule has 0 unspecified atom stereocenters. The van der Waals surface area contributed by atoms with Crippen LogP contribution in [-0.2, 0) is 20.9 Å². The van der Waals surface area contributed by atoms with E-state index in [9.17, 15) is 9.59 Å². The third kappa shape index (κ3) is 3.94. The number of carbonyl (C=O) groups excluding carboxylic acids is 2. The van der Waals surface area contributed by atoms with Gasteiger partial charge in [0.15, 0.2) is 0 Å². The van der Waals surface area contributed by atoms with Gasteiger partial charge in [-0.1, -0.05) is 41.9 Å². The third-order valence-electron chi connectivity index (χ3n) is 4.11. The zero-order valence-electron chi connectivity index (χ0n) is 13.8. The van der Waals surface area contributed by atoms with Crippen molar-refractivity contribution >= 4 is 29.2 Å². The Kier molecular flexibility index (Phi) is 5.24. The van der Waals surface area contributed by atoms with Crippen LogP contribution in [0.3, 0.4) is 0 Å². The molecule has 0 bridgehead atoms. The molecule has 1 amide bonds. The summed E-state index contributed by atoms with van der Waals surface area (Å²) in [4.78, 5) is 26.2. The summed E-state index contributed by atoms with van der Waals surface area (Å²) in [6.45, 7) is 0.452. The van der Waals surface area contributed by atoms with E-state index in [0.29, 0.717) is 16.5 Å². The lowest BCUT2D eigenvalue weighted by Gasteiger charge is -2.19. The molecular weight excluding hydrogens is 342 g/mol. The summed E-state index contributed by atoms with van der Waals surface area (Å²) in [6, 6.07) is 14.5. The van der Waals surface area contributed by atoms with Crippen molar-refractivity contribution in [1.82, 2.24) is 0 Å². The van der Waals surface area contributed by atoms with Gasteiger partial charge < -0.3 is 14.4 Å². The molecule has 0 N–H and O–H groups in total. The quantitative estimate of drug-likeness (QED) is 0.767. The van der Waals surface area contributed by atoms with Crippen LogP contribution in [0.4, 0.5) is 5.69 Å². The van der Waals surface area contributed by atoms with E-state index in [2.05, 4.69) is 0 Å². The Morgan fingerprint density at radius 3 is 2.72 bits per heavy atom. The maximum atomic E-state index is 12.4. The summed E-state index contributed by atoms with van der Waals surface area (Å²) in [5.41, 5.74) is 1.48. The van der Waals surface area contributed by atoms with Crippen LogP contribution in [0.1, 0.15) is 12.0 Å². The molecule has 2 aromatic carbocycles. The summed E-state index contributed by atoms with van der Waals surface area (Å²) in [5.74, 6) is -0.487. The Morgan fingerprint density at radius 1 is 1.24 bits per heavy atom. The average molecular weight is 360 g/mol. The second kappa shape index (κ2) is 7.57. The lowest BCUT2D eigenvalue weighted by Crippen LogP contribution is -2.26. The lowest BCUT2D eigenvalue weighted by atomic mass is 10.1. The number of benzene rings is 2. The first-order chi connectivity index (χ1) is 12.1. The van der Waals surface area contributed by atoms with Crippen molar-refractivity contribution < 1.29 is 19.1 Å². The molecule has 0 spiro atoms. The number of esters is 1. The number of ether oxygens (including phenoxy) is 2. The number of methoxy groups -OCH3 is 1. The molecule has 3 rings (SSSR count). The summed E-state index contributed by atoms with van der Waals surface area (Å²) in [5, 5.41) is 0.499. The fourth-order valence-electron chi connectivity index (χ4n) is 2.82. The van der Waals surface area contributed by atoms with Gasteiger partial charge in [-0.25, -0.2) is 0 Å². The SMILES string of the molecule is COc1ccc(Cl)cc1N1C[C@H](C(=O)OCc2ccccc2)CC1=O. The van der Waals surface area contributed by atoms with Crippen LogP contribution in [0.15, 0.2) is 48.5 Å². The molecule has 2 aromatic rings. The van der Waals surface area contributed by atoms with Crippen LogP contribution in [-0.4, -0.2) is 25.5 Å². The van der Waals surface area contributed by atoms with E-state index in [4.69, 9.17) is 21.1 Å². The predicted molar refractivity (Wildman–Crippen MR) is 94.7 cm³/mol. The van der Waals surface area contributed by atoms with Crippen molar-refractivity contribution in [2.24, 2.45) is 5.92 Å². The molecule has 1 heterocycles. The van der Waals surface area contributed by atoms with Gasteiger partial charge in [-0.2, -0.15) is 0 Å². The molecule has 5 nitrogen and oxygen atoms in total. The van der Waals surface area contributed by atoms with Gasteiger partial charge in [-0.15, -0.1) is 0 Å². The molecule has 0 aromatic heterocycles. The predicted octanol–water partition coefficient (Wildman–Crippen LogP) is 3.44. The van der Waals surface area contributed by atoms with E-state index < -0.39 is 5.92 Å². The zero-order valence-corrected chi connectivity index (χ0v) is 14.5. The number of anilines is 1. The standard InChI is InChI=1S/C19H18ClNO4/c1-24-17-8-7-15(20)10-16(17)21-11-14(9-18(21)22)19(23)25-12-13-5-3-2-4-6-13/h2-8,10,14H,9,11-12H2,1H3/t14-/m1/s1. The van der Waals surface area contributed by atoms with E-state index in [0.717, 1.165) is 5.56 Å². The maximum absolute atomic E-state index is 12.4. The molecule has 1 saturated heterocycles. The van der Waals surface area contributed by atoms with Crippen LogP contribution in [0.25, 0.3) is 0 Å². The number of hydrogen-bond acceptors (Lipinski definition) is 4. The first kappa shape index (κ1) is 17.3. The minimum atomic E-state index is -0.500. The lowest BCUT2D eigenvalue weighted by molar-refractivity contribution is -0.149. The van der Waals surface area contributed by atoms with Crippen molar-refractivity contribution in [2.75, 3.05) is 18.6 Å². The highest BCUT2D eigenvalue weighted by molar-refractivity contribution is 6.31. The molecule has 1 fully saturated rings. The van der Waals surface area contributed by atoms with E-state index in [-0.39, 0.29) is 31.4 Å². The third-order valence-corrected chi connectivity index (χ3v) is 4.35. The summed E-state index contributed by atoms with van der Waals surface area (Å²) < 4.78 is 10.6. The number of nitrogens with zero attached hydrogens (tertiary/aromatic N) is 1. The minimum absolute atomic E-state index is 0.114. The van der Waals surface area contributed by atoms with Crippen LogP contribution in [0.2, 0.25) is 5.02 Å². The number of halogens is 1. The monoisotopic (exact) mass is 359 g/mol. The van der Waals surface area contributed by atoms with Crippen molar-refractivity contribution in [3.05, 3.63) is 59.1 Å². The van der Waals surface area contributed by atoms with Crippen molar-refractivity contribution in [3.8, 4) is 5.75 Å². The van der Waals surface area contributed by atoms with Gasteiger partial charge >= 0.3 is 5.97 Å². The van der Waals surface area contributed by atoms with Crippen molar-refractivity contribution in [3.63, 3.8) is 0 Å². The number of amides is 1. The average Bonchev–Trinajstić information content (AvgIpc) is 3.02. The Hall–Kier alpha value is -2.53. The van der Waals surface area contributed by atoms with Gasteiger partial charge in [-0.05, 0) is 23.8 Å². The van der Waals surface area contributed by atoms with E-state index >= 15 is 0 Å². The molecule has 1 aliphatic heterocycles. The minimum Gasteiger partial charge on any atom is -0.495 e. The van der Waals surface area contributed by atoms with Gasteiger partial charge in [0.25, 0.3) is 0 Å². The normalized spacial score (nSPS) is 16.8. The molecule has 0 radical (unpaired) electrons. The molecule has 0 saturated carbocycles. The molecule has 0 aliphatic carbocycles. The van der Waals surface area contributed by atoms with Crippen LogP contribution < -0.4 is 9.64 Å². The van der Waals surface area contributed by atoms with Crippen molar-refractivity contribution in [1.29, 1.82) is 0 Å². The number of carbonyl (C=O) groups is 2. The summed E-state index contributed by atoms with van der Waals surface area (Å²) >= 11 is 6.03. The molecule has 6 heteroatoms. The van der Waals surface area contributed by atoms with Gasteiger partial charge in [-0.3, -0.25) is 9.59 Å². The van der Waals surface area contributed by atoms with Crippen molar-refractivity contribution in [2.45, 2.75) is 13.0 Å². The van der Waals surface area contributed by atoms with E-state index in [1.54, 1.807) is 18.2 Å². The largest absolute Gasteiger partial charge is 0.495 e. The summed E-state index contributed by atoms with van der Waals surface area (Å²) in [6.07, 6.45) is 0.114. The Labute approximate surface area is 151 Å². The fourth-order valence-corrected chi connectivity index (χ4v) is 2.99.